The van der Waals surface area contributed by atoms with Gasteiger partial charge in [0.15, 0.2) is 6.61 Å². The van der Waals surface area contributed by atoms with E-state index in [0.29, 0.717) is 29.9 Å². The molecule has 1 aromatic rings. The molecule has 1 saturated carbocycles. The number of rotatable bonds is 5. The van der Waals surface area contributed by atoms with Gasteiger partial charge in [-0.15, -0.1) is 0 Å². The number of piperidine rings is 1. The van der Waals surface area contributed by atoms with E-state index in [1.54, 1.807) is 29.2 Å². The Labute approximate surface area is 160 Å². The number of hydrogen-bond donors (Lipinski definition) is 1. The van der Waals surface area contributed by atoms with Crippen LogP contribution >= 0.6 is 11.6 Å². The van der Waals surface area contributed by atoms with Gasteiger partial charge in [-0.2, -0.15) is 0 Å². The van der Waals surface area contributed by atoms with Crippen molar-refractivity contribution >= 4 is 23.4 Å². The molecule has 0 radical (unpaired) electrons. The van der Waals surface area contributed by atoms with Crippen LogP contribution in [0, 0.1) is 5.92 Å². The van der Waals surface area contributed by atoms with E-state index in [0.717, 1.165) is 25.7 Å². The van der Waals surface area contributed by atoms with E-state index in [1.807, 2.05) is 0 Å². The highest BCUT2D eigenvalue weighted by molar-refractivity contribution is 6.30. The SMILES string of the molecule is O=C(NC1CCCCC1)C1CCCN(C(=O)COc2cccc(Cl)c2)C1. The molecule has 1 N–H and O–H groups in total. The number of benzene rings is 1. The summed E-state index contributed by atoms with van der Waals surface area (Å²) in [4.78, 5) is 26.8. The second-order valence-electron chi connectivity index (χ2n) is 7.27. The minimum absolute atomic E-state index is 0.0305. The first kappa shape index (κ1) is 19.0. The molecule has 0 spiro atoms. The quantitative estimate of drug-likeness (QED) is 0.854. The molecule has 1 unspecified atom stereocenters. The zero-order chi connectivity index (χ0) is 18.4. The fourth-order valence-electron chi connectivity index (χ4n) is 3.78. The maximum atomic E-state index is 12.6. The largest absolute Gasteiger partial charge is 0.484 e. The van der Waals surface area contributed by atoms with E-state index < -0.39 is 0 Å². The summed E-state index contributed by atoms with van der Waals surface area (Å²) in [5, 5.41) is 3.77. The van der Waals surface area contributed by atoms with Gasteiger partial charge in [-0.25, -0.2) is 0 Å². The summed E-state index contributed by atoms with van der Waals surface area (Å²) in [6.45, 7) is 1.14. The molecule has 26 heavy (non-hydrogen) atoms. The normalized spacial score (nSPS) is 21.3. The zero-order valence-corrected chi connectivity index (χ0v) is 15.8. The summed E-state index contributed by atoms with van der Waals surface area (Å²) >= 11 is 5.92. The third kappa shape index (κ3) is 5.37. The first-order valence-electron chi connectivity index (χ1n) is 9.58. The number of ether oxygens (including phenoxy) is 1. The highest BCUT2D eigenvalue weighted by Crippen LogP contribution is 2.21. The Morgan fingerprint density at radius 2 is 1.96 bits per heavy atom. The van der Waals surface area contributed by atoms with Gasteiger partial charge in [0, 0.05) is 24.2 Å². The van der Waals surface area contributed by atoms with Crippen molar-refractivity contribution in [2.45, 2.75) is 51.0 Å². The molecule has 2 amide bonds. The molecule has 1 heterocycles. The molecular weight excluding hydrogens is 352 g/mol. The lowest BCUT2D eigenvalue weighted by Gasteiger charge is -2.33. The van der Waals surface area contributed by atoms with E-state index in [4.69, 9.17) is 16.3 Å². The molecule has 1 aromatic carbocycles. The molecule has 5 nitrogen and oxygen atoms in total. The molecule has 1 aliphatic heterocycles. The molecule has 0 aromatic heterocycles. The number of carbonyl (C=O) groups excluding carboxylic acids is 2. The third-order valence-electron chi connectivity index (χ3n) is 5.25. The van der Waals surface area contributed by atoms with Gasteiger partial charge in [-0.1, -0.05) is 36.9 Å². The molecule has 0 bridgehead atoms. The first-order valence-corrected chi connectivity index (χ1v) is 9.96. The fraction of sp³-hybridized carbons (Fsp3) is 0.600. The predicted molar refractivity (Wildman–Crippen MR) is 101 cm³/mol. The number of carbonyl (C=O) groups is 2. The van der Waals surface area contributed by atoms with Crippen molar-refractivity contribution in [3.05, 3.63) is 29.3 Å². The second-order valence-corrected chi connectivity index (χ2v) is 7.70. The number of likely N-dealkylation sites (tertiary alicyclic amines) is 1. The van der Waals surface area contributed by atoms with Gasteiger partial charge in [0.1, 0.15) is 5.75 Å². The maximum absolute atomic E-state index is 12.6. The predicted octanol–water partition coefficient (Wildman–Crippen LogP) is 3.41. The molecule has 2 aliphatic rings. The standard InChI is InChI=1S/C20H27ClN2O3/c21-16-7-4-10-18(12-16)26-14-19(24)23-11-5-6-15(13-23)20(25)22-17-8-2-1-3-9-17/h4,7,10,12,15,17H,1-3,5-6,8-9,11,13-14H2,(H,22,25). The Bertz CT molecular complexity index is 631. The van der Waals surface area contributed by atoms with Crippen LogP contribution in [0.5, 0.6) is 5.75 Å². The van der Waals surface area contributed by atoms with Gasteiger partial charge in [-0.3, -0.25) is 9.59 Å². The maximum Gasteiger partial charge on any atom is 0.260 e. The molecule has 2 fully saturated rings. The summed E-state index contributed by atoms with van der Waals surface area (Å²) in [5.74, 6) is 0.487. The topological polar surface area (TPSA) is 58.6 Å². The Hall–Kier alpha value is -1.75. The number of hydrogen-bond acceptors (Lipinski definition) is 3. The van der Waals surface area contributed by atoms with Crippen LogP contribution in [0.3, 0.4) is 0 Å². The highest BCUT2D eigenvalue weighted by atomic mass is 35.5. The van der Waals surface area contributed by atoms with Gasteiger partial charge < -0.3 is 15.0 Å². The summed E-state index contributed by atoms with van der Waals surface area (Å²) in [6, 6.07) is 7.32. The van der Waals surface area contributed by atoms with E-state index in [1.165, 1.54) is 19.3 Å². The van der Waals surface area contributed by atoms with Crippen LogP contribution in [0.25, 0.3) is 0 Å². The third-order valence-corrected chi connectivity index (χ3v) is 5.49. The van der Waals surface area contributed by atoms with Crippen molar-refractivity contribution in [1.29, 1.82) is 0 Å². The smallest absolute Gasteiger partial charge is 0.260 e. The summed E-state index contributed by atoms with van der Waals surface area (Å²) in [6.07, 6.45) is 7.51. The average molecular weight is 379 g/mol. The van der Waals surface area contributed by atoms with Gasteiger partial charge in [0.2, 0.25) is 5.91 Å². The number of nitrogens with zero attached hydrogens (tertiary/aromatic N) is 1. The van der Waals surface area contributed by atoms with E-state index in [9.17, 15) is 9.59 Å². The first-order chi connectivity index (χ1) is 12.6. The summed E-state index contributed by atoms with van der Waals surface area (Å²) in [5.41, 5.74) is 0. The molecular formula is C20H27ClN2O3. The molecule has 1 aliphatic carbocycles. The van der Waals surface area contributed by atoms with Crippen LogP contribution in [0.1, 0.15) is 44.9 Å². The van der Waals surface area contributed by atoms with E-state index in [-0.39, 0.29) is 24.3 Å². The average Bonchev–Trinajstić information content (AvgIpc) is 2.67. The minimum Gasteiger partial charge on any atom is -0.484 e. The molecule has 1 saturated heterocycles. The van der Waals surface area contributed by atoms with Gasteiger partial charge in [-0.05, 0) is 43.9 Å². The van der Waals surface area contributed by atoms with Gasteiger partial charge >= 0.3 is 0 Å². The van der Waals surface area contributed by atoms with Crippen LogP contribution < -0.4 is 10.1 Å². The van der Waals surface area contributed by atoms with Crippen molar-refractivity contribution in [2.75, 3.05) is 19.7 Å². The van der Waals surface area contributed by atoms with Crippen LogP contribution in [-0.2, 0) is 9.59 Å². The molecule has 1 atom stereocenters. The van der Waals surface area contributed by atoms with Crippen molar-refractivity contribution in [3.8, 4) is 5.75 Å². The fourth-order valence-corrected chi connectivity index (χ4v) is 3.96. The Morgan fingerprint density at radius 3 is 2.73 bits per heavy atom. The van der Waals surface area contributed by atoms with Crippen LogP contribution in [0.4, 0.5) is 0 Å². The van der Waals surface area contributed by atoms with E-state index >= 15 is 0 Å². The zero-order valence-electron chi connectivity index (χ0n) is 15.1. The monoisotopic (exact) mass is 378 g/mol. The van der Waals surface area contributed by atoms with Crippen molar-refractivity contribution in [1.82, 2.24) is 10.2 Å². The Kier molecular flexibility index (Phi) is 6.78. The van der Waals surface area contributed by atoms with Gasteiger partial charge in [0.05, 0.1) is 5.92 Å². The summed E-state index contributed by atoms with van der Waals surface area (Å²) < 4.78 is 5.54. The minimum atomic E-state index is -0.110. The molecule has 3 rings (SSSR count). The van der Waals surface area contributed by atoms with Crippen LogP contribution in [0.2, 0.25) is 5.02 Å². The summed E-state index contributed by atoms with van der Waals surface area (Å²) in [7, 11) is 0. The van der Waals surface area contributed by atoms with Crippen molar-refractivity contribution < 1.29 is 14.3 Å². The van der Waals surface area contributed by atoms with E-state index in [2.05, 4.69) is 5.32 Å². The van der Waals surface area contributed by atoms with Crippen LogP contribution in [0.15, 0.2) is 24.3 Å². The number of amides is 2. The van der Waals surface area contributed by atoms with Gasteiger partial charge in [0.25, 0.3) is 5.91 Å². The van der Waals surface area contributed by atoms with Crippen LogP contribution in [-0.4, -0.2) is 42.5 Å². The van der Waals surface area contributed by atoms with Crippen molar-refractivity contribution in [2.24, 2.45) is 5.92 Å². The lowest BCUT2D eigenvalue weighted by molar-refractivity contribution is -0.137. The number of nitrogens with one attached hydrogen (secondary N) is 1. The number of halogens is 1. The lowest BCUT2D eigenvalue weighted by atomic mass is 9.93. The molecule has 6 heteroatoms. The Balaban J connectivity index is 1.47. The lowest BCUT2D eigenvalue weighted by Crippen LogP contribution is -2.48. The van der Waals surface area contributed by atoms with Crippen molar-refractivity contribution in [3.63, 3.8) is 0 Å². The molecule has 142 valence electrons. The second kappa shape index (κ2) is 9.26. The highest BCUT2D eigenvalue weighted by Gasteiger charge is 2.29. The Morgan fingerprint density at radius 1 is 1.15 bits per heavy atom.